The highest BCUT2D eigenvalue weighted by atomic mass is 19.1. The van der Waals surface area contributed by atoms with Crippen LogP contribution in [0.3, 0.4) is 0 Å². The number of amides is 1. The van der Waals surface area contributed by atoms with E-state index in [-0.39, 0.29) is 28.1 Å². The van der Waals surface area contributed by atoms with Crippen molar-refractivity contribution in [3.63, 3.8) is 0 Å². The molecule has 1 amide bonds. The quantitative estimate of drug-likeness (QED) is 0.744. The maximum Gasteiger partial charge on any atom is 0.249 e. The molecule has 1 aromatic carbocycles. The number of nitrogens with one attached hydrogen (secondary N) is 1. The zero-order valence-electron chi connectivity index (χ0n) is 11.9. The minimum atomic E-state index is -1.44. The van der Waals surface area contributed by atoms with Crippen molar-refractivity contribution < 1.29 is 18.0 Å². The van der Waals surface area contributed by atoms with Crippen LogP contribution in [-0.4, -0.2) is 17.8 Å². The fourth-order valence-electron chi connectivity index (χ4n) is 2.20. The van der Waals surface area contributed by atoms with Crippen LogP contribution in [0.15, 0.2) is 47.8 Å². The molecule has 0 saturated heterocycles. The van der Waals surface area contributed by atoms with Crippen molar-refractivity contribution >= 4 is 17.3 Å². The molecule has 1 aliphatic carbocycles. The van der Waals surface area contributed by atoms with Crippen LogP contribution < -0.4 is 11.5 Å². The Balaban J connectivity index is 2.42. The van der Waals surface area contributed by atoms with Gasteiger partial charge in [-0.2, -0.15) is 0 Å². The first-order valence-corrected chi connectivity index (χ1v) is 6.67. The fourth-order valence-corrected chi connectivity index (χ4v) is 2.20. The molecule has 0 fully saturated rings. The van der Waals surface area contributed by atoms with Crippen molar-refractivity contribution in [2.75, 3.05) is 0 Å². The van der Waals surface area contributed by atoms with Gasteiger partial charge in [-0.05, 0) is 24.3 Å². The molecule has 120 valence electrons. The van der Waals surface area contributed by atoms with Crippen LogP contribution in [-0.2, 0) is 0 Å². The van der Waals surface area contributed by atoms with Crippen molar-refractivity contribution in [1.82, 2.24) is 0 Å². The minimum Gasteiger partial charge on any atom is -0.398 e. The Morgan fingerprint density at radius 3 is 2.61 bits per heavy atom. The molecular weight excluding hydrogens is 307 g/mol. The molecule has 2 rings (SSSR count). The van der Waals surface area contributed by atoms with Crippen LogP contribution in [0.25, 0.3) is 5.70 Å². The number of hydrogen-bond acceptors (Lipinski definition) is 3. The highest BCUT2D eigenvalue weighted by molar-refractivity contribution is 6.12. The Bertz CT molecular complexity index is 766. The first-order chi connectivity index (χ1) is 10.8. The van der Waals surface area contributed by atoms with Crippen LogP contribution >= 0.6 is 0 Å². The van der Waals surface area contributed by atoms with E-state index in [1.807, 2.05) is 0 Å². The molecule has 1 unspecified atom stereocenters. The zero-order chi connectivity index (χ0) is 17.1. The number of carbonyl (C=O) groups is 1. The van der Waals surface area contributed by atoms with E-state index in [4.69, 9.17) is 16.9 Å². The molecule has 5 N–H and O–H groups in total. The van der Waals surface area contributed by atoms with Gasteiger partial charge in [-0.3, -0.25) is 4.79 Å². The van der Waals surface area contributed by atoms with Gasteiger partial charge in [-0.15, -0.1) is 0 Å². The van der Waals surface area contributed by atoms with E-state index in [9.17, 15) is 18.0 Å². The molecule has 7 heteroatoms. The summed E-state index contributed by atoms with van der Waals surface area (Å²) in [6.07, 6.45) is 1.35. The number of allylic oxidation sites excluding steroid dienone is 5. The smallest absolute Gasteiger partial charge is 0.249 e. The summed E-state index contributed by atoms with van der Waals surface area (Å²) in [5.41, 5.74) is 9.76. The summed E-state index contributed by atoms with van der Waals surface area (Å²) in [6.45, 7) is 0. The summed E-state index contributed by atoms with van der Waals surface area (Å²) in [5.74, 6) is -2.47. The average molecular weight is 321 g/mol. The van der Waals surface area contributed by atoms with Crippen LogP contribution in [0.5, 0.6) is 0 Å². The third-order valence-corrected chi connectivity index (χ3v) is 3.30. The monoisotopic (exact) mass is 321 g/mol. The Kier molecular flexibility index (Phi) is 4.68. The highest BCUT2D eigenvalue weighted by Crippen LogP contribution is 2.25. The zero-order valence-corrected chi connectivity index (χ0v) is 11.9. The molecule has 1 atom stereocenters. The summed E-state index contributed by atoms with van der Waals surface area (Å²) in [6, 6.07) is 3.67. The lowest BCUT2D eigenvalue weighted by atomic mass is 9.97. The molecule has 0 heterocycles. The van der Waals surface area contributed by atoms with E-state index >= 15 is 0 Å². The van der Waals surface area contributed by atoms with Gasteiger partial charge in [-0.1, -0.05) is 12.1 Å². The minimum absolute atomic E-state index is 0.140. The standard InChI is InChI=1S/C16H14F3N3O/c17-8-4-5-9(12(19)6-8)13(20)7-14(21)15-10(16(22)23)2-1-3-11(15)18/h1-5,7-8,20H,6,21H2,(H2,22,23). The Hall–Kier alpha value is -2.83. The van der Waals surface area contributed by atoms with Crippen molar-refractivity contribution in [2.45, 2.75) is 12.6 Å². The van der Waals surface area contributed by atoms with Crippen LogP contribution in [0.1, 0.15) is 22.3 Å². The second-order valence-corrected chi connectivity index (χ2v) is 4.94. The Morgan fingerprint density at radius 2 is 2.00 bits per heavy atom. The first-order valence-electron chi connectivity index (χ1n) is 6.67. The van der Waals surface area contributed by atoms with E-state index in [0.717, 1.165) is 24.3 Å². The molecule has 0 radical (unpaired) electrons. The molecule has 1 aliphatic rings. The number of nitrogens with two attached hydrogens (primary N) is 2. The lowest BCUT2D eigenvalue weighted by Crippen LogP contribution is -2.17. The van der Waals surface area contributed by atoms with Crippen LogP contribution in [0.4, 0.5) is 13.2 Å². The van der Waals surface area contributed by atoms with Crippen molar-refractivity contribution in [2.24, 2.45) is 11.5 Å². The molecule has 0 bridgehead atoms. The van der Waals surface area contributed by atoms with Crippen molar-refractivity contribution in [3.8, 4) is 0 Å². The van der Waals surface area contributed by atoms with Gasteiger partial charge in [-0.25, -0.2) is 13.2 Å². The van der Waals surface area contributed by atoms with Gasteiger partial charge < -0.3 is 16.9 Å². The molecule has 0 aromatic heterocycles. The van der Waals surface area contributed by atoms with Gasteiger partial charge in [0, 0.05) is 23.3 Å². The predicted octanol–water partition coefficient (Wildman–Crippen LogP) is 2.77. The van der Waals surface area contributed by atoms with Gasteiger partial charge in [0.1, 0.15) is 17.8 Å². The van der Waals surface area contributed by atoms with Gasteiger partial charge in [0.2, 0.25) is 5.91 Å². The van der Waals surface area contributed by atoms with Gasteiger partial charge >= 0.3 is 0 Å². The molecule has 0 aliphatic heterocycles. The summed E-state index contributed by atoms with van der Waals surface area (Å²) >= 11 is 0. The third kappa shape index (κ3) is 3.50. The van der Waals surface area contributed by atoms with Crippen molar-refractivity contribution in [1.29, 1.82) is 5.41 Å². The average Bonchev–Trinajstić information content (AvgIpc) is 2.46. The number of halogens is 3. The van der Waals surface area contributed by atoms with Crippen LogP contribution in [0.2, 0.25) is 0 Å². The van der Waals surface area contributed by atoms with Gasteiger partial charge in [0.15, 0.2) is 0 Å². The van der Waals surface area contributed by atoms with Crippen molar-refractivity contribution in [3.05, 3.63) is 64.8 Å². The number of alkyl halides is 1. The molecule has 0 saturated carbocycles. The number of primary amides is 1. The molecule has 0 spiro atoms. The lowest BCUT2D eigenvalue weighted by Gasteiger charge is -2.13. The second-order valence-electron chi connectivity index (χ2n) is 4.94. The van der Waals surface area contributed by atoms with E-state index < -0.39 is 30.1 Å². The maximum absolute atomic E-state index is 13.9. The fraction of sp³-hybridized carbons (Fsp3) is 0.125. The molecule has 1 aromatic rings. The molecule has 23 heavy (non-hydrogen) atoms. The number of carbonyl (C=O) groups excluding carboxylic acids is 1. The summed E-state index contributed by atoms with van der Waals surface area (Å²) in [7, 11) is 0. The number of hydrogen-bond donors (Lipinski definition) is 3. The second kappa shape index (κ2) is 6.51. The van der Waals surface area contributed by atoms with E-state index in [0.29, 0.717) is 0 Å². The van der Waals surface area contributed by atoms with Gasteiger partial charge in [0.25, 0.3) is 0 Å². The largest absolute Gasteiger partial charge is 0.398 e. The Labute approximate surface area is 130 Å². The predicted molar refractivity (Wildman–Crippen MR) is 81.6 cm³/mol. The third-order valence-electron chi connectivity index (χ3n) is 3.30. The Morgan fingerprint density at radius 1 is 1.30 bits per heavy atom. The highest BCUT2D eigenvalue weighted by Gasteiger charge is 2.19. The summed E-state index contributed by atoms with van der Waals surface area (Å²) < 4.78 is 40.7. The summed E-state index contributed by atoms with van der Waals surface area (Å²) in [4.78, 5) is 11.4. The molecular formula is C16H14F3N3O. The SMILES string of the molecule is N=C(C=C(N)c1c(F)cccc1C(N)=O)C1=C(F)CC(F)C=C1. The van der Waals surface area contributed by atoms with Crippen LogP contribution in [0, 0.1) is 11.2 Å². The maximum atomic E-state index is 13.9. The topological polar surface area (TPSA) is 93.0 Å². The lowest BCUT2D eigenvalue weighted by molar-refractivity contribution is 0.0999. The number of rotatable bonds is 4. The van der Waals surface area contributed by atoms with E-state index in [2.05, 4.69) is 0 Å². The summed E-state index contributed by atoms with van der Waals surface area (Å²) in [5, 5.41) is 7.84. The normalized spacial score (nSPS) is 18.2. The number of benzene rings is 1. The van der Waals surface area contributed by atoms with Gasteiger partial charge in [0.05, 0.1) is 11.3 Å². The first kappa shape index (κ1) is 16.5. The van der Waals surface area contributed by atoms with E-state index in [1.165, 1.54) is 12.1 Å². The molecule has 4 nitrogen and oxygen atoms in total. The van der Waals surface area contributed by atoms with E-state index in [1.54, 1.807) is 0 Å².